The number of carbonyl (C=O) groups is 3. The molecule has 1 aromatic rings. The second-order valence-corrected chi connectivity index (χ2v) is 7.45. The summed E-state index contributed by atoms with van der Waals surface area (Å²) in [6.45, 7) is 0.0158. The summed E-state index contributed by atoms with van der Waals surface area (Å²) >= 11 is 2.40. The third-order valence-electron chi connectivity index (χ3n) is 3.65. The third kappa shape index (κ3) is 3.85. The molecule has 1 aromatic heterocycles. The lowest BCUT2D eigenvalue weighted by molar-refractivity contribution is -0.124. The highest BCUT2D eigenvalue weighted by Gasteiger charge is 2.35. The van der Waals surface area contributed by atoms with Crippen molar-refractivity contribution in [2.45, 2.75) is 18.6 Å². The van der Waals surface area contributed by atoms with Crippen LogP contribution in [0.15, 0.2) is 27.7 Å². The topological polar surface area (TPSA) is 99.9 Å². The molecule has 0 spiro atoms. The predicted octanol–water partition coefficient (Wildman–Crippen LogP) is 1.30. The number of amides is 3. The Morgan fingerprint density at radius 3 is 2.96 bits per heavy atom. The Bertz CT molecular complexity index is 673. The molecule has 2 saturated heterocycles. The van der Waals surface area contributed by atoms with E-state index < -0.39 is 17.3 Å². The van der Waals surface area contributed by atoms with Gasteiger partial charge in [0, 0.05) is 30.5 Å². The minimum absolute atomic E-state index is 0.0138. The number of aliphatic hydroxyl groups excluding tert-OH is 1. The van der Waals surface area contributed by atoms with Gasteiger partial charge in [-0.15, -0.1) is 0 Å². The number of nitrogens with zero attached hydrogens (tertiary/aromatic N) is 1. The van der Waals surface area contributed by atoms with Gasteiger partial charge in [0.05, 0.1) is 23.3 Å². The van der Waals surface area contributed by atoms with Crippen molar-refractivity contribution in [2.75, 3.05) is 18.1 Å². The first-order valence-corrected chi connectivity index (χ1v) is 9.36. The van der Waals surface area contributed by atoms with E-state index in [0.29, 0.717) is 17.3 Å². The fraction of sp³-hybridized carbons (Fsp3) is 0.400. The zero-order chi connectivity index (χ0) is 17.1. The zero-order valence-corrected chi connectivity index (χ0v) is 14.3. The summed E-state index contributed by atoms with van der Waals surface area (Å²) in [6.07, 6.45) is 2.46. The summed E-state index contributed by atoms with van der Waals surface area (Å²) in [5.41, 5.74) is 0. The number of thioether (sulfide) groups is 2. The van der Waals surface area contributed by atoms with Crippen molar-refractivity contribution in [3.8, 4) is 0 Å². The monoisotopic (exact) mass is 368 g/mol. The van der Waals surface area contributed by atoms with E-state index >= 15 is 0 Å². The Morgan fingerprint density at radius 2 is 2.29 bits per heavy atom. The van der Waals surface area contributed by atoms with Gasteiger partial charge in [0.1, 0.15) is 5.76 Å². The van der Waals surface area contributed by atoms with Gasteiger partial charge in [-0.25, -0.2) is 0 Å². The van der Waals surface area contributed by atoms with Gasteiger partial charge >= 0.3 is 0 Å². The molecule has 2 aliphatic heterocycles. The molecule has 0 bridgehead atoms. The van der Waals surface area contributed by atoms with Gasteiger partial charge in [0.25, 0.3) is 11.1 Å². The summed E-state index contributed by atoms with van der Waals surface area (Å²) in [6, 6.07) is 3.11. The van der Waals surface area contributed by atoms with E-state index in [0.717, 1.165) is 16.7 Å². The number of rotatable bonds is 5. The molecule has 0 radical (unpaired) electrons. The molecule has 2 atom stereocenters. The Hall–Kier alpha value is -1.71. The van der Waals surface area contributed by atoms with Crippen molar-refractivity contribution < 1.29 is 23.9 Å². The molecule has 0 aliphatic carbocycles. The maximum atomic E-state index is 12.3. The van der Waals surface area contributed by atoms with Crippen LogP contribution in [0.5, 0.6) is 0 Å². The molecule has 3 heterocycles. The molecule has 7 nitrogen and oxygen atoms in total. The Kier molecular flexibility index (Phi) is 5.32. The number of furan rings is 1. The van der Waals surface area contributed by atoms with E-state index in [1.807, 2.05) is 0 Å². The zero-order valence-electron chi connectivity index (χ0n) is 12.6. The maximum absolute atomic E-state index is 12.3. The molecule has 2 aliphatic rings. The van der Waals surface area contributed by atoms with Gasteiger partial charge in [-0.2, -0.15) is 11.8 Å². The quantitative estimate of drug-likeness (QED) is 0.756. The molecule has 2 N–H and O–H groups in total. The summed E-state index contributed by atoms with van der Waals surface area (Å²) in [4.78, 5) is 37.5. The number of imide groups is 1. The van der Waals surface area contributed by atoms with E-state index in [1.54, 1.807) is 23.9 Å². The third-order valence-corrected chi connectivity index (χ3v) is 5.73. The molecule has 2 fully saturated rings. The number of nitrogens with one attached hydrogen (secondary N) is 1. The van der Waals surface area contributed by atoms with Gasteiger partial charge in [0.2, 0.25) is 5.91 Å². The van der Waals surface area contributed by atoms with E-state index in [4.69, 9.17) is 4.42 Å². The minimum atomic E-state index is -0.549. The second-order valence-electron chi connectivity index (χ2n) is 5.38. The first-order chi connectivity index (χ1) is 11.5. The smallest absolute Gasteiger partial charge is 0.293 e. The normalized spacial score (nSPS) is 25.7. The SMILES string of the molecule is O=C(CCN1C(=O)S/C(=C\c2ccco2)C1=O)N[C@H]1CSC[C@@H]1O. The van der Waals surface area contributed by atoms with Gasteiger partial charge in [-0.1, -0.05) is 0 Å². The standard InChI is InChI=1S/C15H16N2O5S2/c18-11-8-23-7-10(11)16-13(19)3-4-17-14(20)12(24-15(17)21)6-9-2-1-5-22-9/h1-2,5-6,10-11,18H,3-4,7-8H2,(H,16,19)/b12-6-/t10-,11-/m0/s1. The average Bonchev–Trinajstić information content (AvgIpc) is 3.24. The first kappa shape index (κ1) is 17.1. The molecule has 128 valence electrons. The molecule has 3 amide bonds. The van der Waals surface area contributed by atoms with E-state index in [1.165, 1.54) is 12.3 Å². The van der Waals surface area contributed by atoms with Crippen LogP contribution < -0.4 is 5.32 Å². The molecule has 3 rings (SSSR count). The first-order valence-electron chi connectivity index (χ1n) is 7.38. The lowest BCUT2D eigenvalue weighted by Crippen LogP contribution is -2.43. The van der Waals surface area contributed by atoms with Crippen LogP contribution in [-0.4, -0.2) is 57.3 Å². The molecule has 0 aromatic carbocycles. The number of aliphatic hydroxyl groups is 1. The average molecular weight is 368 g/mol. The molecular formula is C15H16N2O5S2. The van der Waals surface area contributed by atoms with Crippen molar-refractivity contribution in [3.05, 3.63) is 29.1 Å². The largest absolute Gasteiger partial charge is 0.465 e. The van der Waals surface area contributed by atoms with E-state index in [9.17, 15) is 19.5 Å². The van der Waals surface area contributed by atoms with Crippen LogP contribution in [0, 0.1) is 0 Å². The van der Waals surface area contributed by atoms with Crippen molar-refractivity contribution in [1.82, 2.24) is 10.2 Å². The van der Waals surface area contributed by atoms with Crippen molar-refractivity contribution >= 4 is 46.7 Å². The van der Waals surface area contributed by atoms with Crippen molar-refractivity contribution in [3.63, 3.8) is 0 Å². The van der Waals surface area contributed by atoms with Crippen LogP contribution in [-0.2, 0) is 9.59 Å². The summed E-state index contributed by atoms with van der Waals surface area (Å²) in [5.74, 6) is 1.05. The highest BCUT2D eigenvalue weighted by molar-refractivity contribution is 8.18. The van der Waals surface area contributed by atoms with Crippen LogP contribution in [0.25, 0.3) is 6.08 Å². The van der Waals surface area contributed by atoms with Gasteiger partial charge in [-0.3, -0.25) is 19.3 Å². The fourth-order valence-electron chi connectivity index (χ4n) is 2.37. The van der Waals surface area contributed by atoms with Gasteiger partial charge in [0.15, 0.2) is 0 Å². The van der Waals surface area contributed by atoms with Crippen LogP contribution in [0.1, 0.15) is 12.2 Å². The summed E-state index contributed by atoms with van der Waals surface area (Å²) in [7, 11) is 0. The molecule has 24 heavy (non-hydrogen) atoms. The lowest BCUT2D eigenvalue weighted by Gasteiger charge is -2.17. The Balaban J connectivity index is 1.54. The maximum Gasteiger partial charge on any atom is 0.293 e. The number of hydrogen-bond acceptors (Lipinski definition) is 7. The van der Waals surface area contributed by atoms with E-state index in [-0.39, 0.29) is 29.8 Å². The molecular weight excluding hydrogens is 352 g/mol. The Morgan fingerprint density at radius 1 is 1.46 bits per heavy atom. The highest BCUT2D eigenvalue weighted by atomic mass is 32.2. The van der Waals surface area contributed by atoms with Crippen LogP contribution in [0.2, 0.25) is 0 Å². The van der Waals surface area contributed by atoms with Crippen LogP contribution in [0.4, 0.5) is 4.79 Å². The summed E-state index contributed by atoms with van der Waals surface area (Å²) < 4.78 is 5.14. The number of hydrogen-bond donors (Lipinski definition) is 2. The van der Waals surface area contributed by atoms with Crippen LogP contribution in [0.3, 0.4) is 0 Å². The van der Waals surface area contributed by atoms with Gasteiger partial charge in [-0.05, 0) is 23.9 Å². The lowest BCUT2D eigenvalue weighted by atomic mass is 10.2. The predicted molar refractivity (Wildman–Crippen MR) is 91.3 cm³/mol. The summed E-state index contributed by atoms with van der Waals surface area (Å²) in [5, 5.41) is 12.0. The van der Waals surface area contributed by atoms with Crippen molar-refractivity contribution in [2.24, 2.45) is 0 Å². The fourth-order valence-corrected chi connectivity index (χ4v) is 4.38. The highest BCUT2D eigenvalue weighted by Crippen LogP contribution is 2.32. The minimum Gasteiger partial charge on any atom is -0.465 e. The van der Waals surface area contributed by atoms with Crippen LogP contribution >= 0.6 is 23.5 Å². The molecule has 0 saturated carbocycles. The molecule has 0 unspecified atom stereocenters. The molecule has 9 heteroatoms. The Labute approximate surface area is 146 Å². The van der Waals surface area contributed by atoms with Crippen molar-refractivity contribution in [1.29, 1.82) is 0 Å². The number of carbonyl (C=O) groups excluding carboxylic acids is 3. The van der Waals surface area contributed by atoms with Gasteiger partial charge < -0.3 is 14.8 Å². The second kappa shape index (κ2) is 7.45. The van der Waals surface area contributed by atoms with E-state index in [2.05, 4.69) is 5.32 Å².